The minimum atomic E-state index is -0.125. The molecule has 0 bridgehead atoms. The van der Waals surface area contributed by atoms with Gasteiger partial charge >= 0.3 is 0 Å². The van der Waals surface area contributed by atoms with Gasteiger partial charge in [0.25, 0.3) is 5.91 Å². The summed E-state index contributed by atoms with van der Waals surface area (Å²) in [5.41, 5.74) is 1.65. The summed E-state index contributed by atoms with van der Waals surface area (Å²) in [6, 6.07) is 14.9. The van der Waals surface area contributed by atoms with Gasteiger partial charge in [-0.05, 0) is 46.6 Å². The first-order chi connectivity index (χ1) is 9.08. The Hall–Kier alpha value is -1.32. The van der Waals surface area contributed by atoms with Gasteiger partial charge in [0.05, 0.1) is 11.6 Å². The molecule has 2 aromatic carbocycles. The molecule has 0 spiro atoms. The van der Waals surface area contributed by atoms with E-state index in [1.165, 1.54) is 0 Å². The molecule has 0 saturated heterocycles. The predicted octanol–water partition coefficient (Wildman–Crippen LogP) is 4.59. The average molecular weight is 339 g/mol. The lowest BCUT2D eigenvalue weighted by molar-refractivity contribution is 0.0939. The molecule has 4 heteroatoms. The summed E-state index contributed by atoms with van der Waals surface area (Å²) in [5.74, 6) is -0.125. The molecular formula is C15H13BrClNO. The summed E-state index contributed by atoms with van der Waals surface area (Å²) in [5, 5.41) is 3.56. The molecule has 0 unspecified atom stereocenters. The van der Waals surface area contributed by atoms with Crippen LogP contribution in [0.3, 0.4) is 0 Å². The number of nitrogens with one attached hydrogen (secondary N) is 1. The topological polar surface area (TPSA) is 29.1 Å². The summed E-state index contributed by atoms with van der Waals surface area (Å²) in [4.78, 5) is 12.2. The van der Waals surface area contributed by atoms with Crippen molar-refractivity contribution in [3.8, 4) is 0 Å². The van der Waals surface area contributed by atoms with Gasteiger partial charge in [0.1, 0.15) is 0 Å². The van der Waals surface area contributed by atoms with Crippen LogP contribution in [-0.2, 0) is 0 Å². The van der Waals surface area contributed by atoms with E-state index in [9.17, 15) is 4.79 Å². The first kappa shape index (κ1) is 14.1. The van der Waals surface area contributed by atoms with Crippen molar-refractivity contribution in [2.75, 3.05) is 0 Å². The zero-order chi connectivity index (χ0) is 13.8. The quantitative estimate of drug-likeness (QED) is 0.871. The zero-order valence-electron chi connectivity index (χ0n) is 10.4. The van der Waals surface area contributed by atoms with Crippen molar-refractivity contribution in [1.29, 1.82) is 0 Å². The van der Waals surface area contributed by atoms with E-state index in [0.29, 0.717) is 15.1 Å². The second-order valence-corrected chi connectivity index (χ2v) is 5.52. The van der Waals surface area contributed by atoms with Crippen LogP contribution in [0.2, 0.25) is 5.02 Å². The highest BCUT2D eigenvalue weighted by Crippen LogP contribution is 2.22. The Bertz CT molecular complexity index is 586. The monoisotopic (exact) mass is 337 g/mol. The summed E-state index contributed by atoms with van der Waals surface area (Å²) in [6.07, 6.45) is 0. The van der Waals surface area contributed by atoms with Crippen molar-refractivity contribution in [3.63, 3.8) is 0 Å². The van der Waals surface area contributed by atoms with Gasteiger partial charge in [-0.25, -0.2) is 0 Å². The van der Waals surface area contributed by atoms with Crippen molar-refractivity contribution < 1.29 is 4.79 Å². The standard InChI is InChI=1S/C15H13BrClNO/c1-10(11-5-3-2-4-6-11)18-15(19)13-8-7-12(17)9-14(13)16/h2-10H,1H3,(H,18,19)/t10-/m0/s1. The number of rotatable bonds is 3. The molecule has 19 heavy (non-hydrogen) atoms. The van der Waals surface area contributed by atoms with E-state index in [2.05, 4.69) is 21.2 Å². The predicted molar refractivity (Wildman–Crippen MR) is 81.5 cm³/mol. The first-order valence-corrected chi connectivity index (χ1v) is 7.06. The lowest BCUT2D eigenvalue weighted by Crippen LogP contribution is -2.26. The SMILES string of the molecule is C[C@H](NC(=O)c1ccc(Cl)cc1Br)c1ccccc1. The molecule has 0 aliphatic heterocycles. The van der Waals surface area contributed by atoms with E-state index in [0.717, 1.165) is 5.56 Å². The van der Waals surface area contributed by atoms with Gasteiger partial charge in [-0.15, -0.1) is 0 Å². The lowest BCUT2D eigenvalue weighted by atomic mass is 10.1. The molecule has 0 fully saturated rings. The summed E-state index contributed by atoms with van der Waals surface area (Å²) >= 11 is 9.21. The summed E-state index contributed by atoms with van der Waals surface area (Å²) < 4.78 is 0.692. The number of hydrogen-bond donors (Lipinski definition) is 1. The Kier molecular flexibility index (Phi) is 4.61. The molecule has 2 aromatic rings. The van der Waals surface area contributed by atoms with E-state index >= 15 is 0 Å². The fourth-order valence-electron chi connectivity index (χ4n) is 1.77. The van der Waals surface area contributed by atoms with Crippen LogP contribution >= 0.6 is 27.5 Å². The second kappa shape index (κ2) is 6.22. The number of carbonyl (C=O) groups excluding carboxylic acids is 1. The van der Waals surface area contributed by atoms with E-state index in [4.69, 9.17) is 11.6 Å². The van der Waals surface area contributed by atoms with Gasteiger partial charge in [0, 0.05) is 9.50 Å². The van der Waals surface area contributed by atoms with Gasteiger partial charge < -0.3 is 5.32 Å². The van der Waals surface area contributed by atoms with Crippen LogP contribution in [0.4, 0.5) is 0 Å². The van der Waals surface area contributed by atoms with Crippen molar-refractivity contribution >= 4 is 33.4 Å². The number of benzene rings is 2. The van der Waals surface area contributed by atoms with Gasteiger partial charge in [0.2, 0.25) is 0 Å². The van der Waals surface area contributed by atoms with Gasteiger partial charge in [-0.3, -0.25) is 4.79 Å². The van der Waals surface area contributed by atoms with Crippen molar-refractivity contribution in [2.45, 2.75) is 13.0 Å². The minimum Gasteiger partial charge on any atom is -0.345 e. The van der Waals surface area contributed by atoms with Crippen LogP contribution in [0, 0.1) is 0 Å². The minimum absolute atomic E-state index is 0.0451. The maximum Gasteiger partial charge on any atom is 0.252 e. The molecule has 0 heterocycles. The van der Waals surface area contributed by atoms with Gasteiger partial charge in [0.15, 0.2) is 0 Å². The number of hydrogen-bond acceptors (Lipinski definition) is 1. The summed E-state index contributed by atoms with van der Waals surface area (Å²) in [6.45, 7) is 1.96. The van der Waals surface area contributed by atoms with Crippen LogP contribution in [0.5, 0.6) is 0 Å². The molecular weight excluding hydrogens is 326 g/mol. The smallest absolute Gasteiger partial charge is 0.252 e. The number of halogens is 2. The van der Waals surface area contributed by atoms with Crippen molar-refractivity contribution in [1.82, 2.24) is 5.32 Å². The van der Waals surface area contributed by atoms with Crippen LogP contribution < -0.4 is 5.32 Å². The van der Waals surface area contributed by atoms with Gasteiger partial charge in [-0.2, -0.15) is 0 Å². The molecule has 1 amide bonds. The lowest BCUT2D eigenvalue weighted by Gasteiger charge is -2.15. The molecule has 1 N–H and O–H groups in total. The third-order valence-corrected chi connectivity index (χ3v) is 3.71. The molecule has 2 rings (SSSR count). The molecule has 0 radical (unpaired) electrons. The Morgan fingerprint density at radius 2 is 1.89 bits per heavy atom. The van der Waals surface area contributed by atoms with E-state index in [-0.39, 0.29) is 11.9 Å². The molecule has 98 valence electrons. The Morgan fingerprint density at radius 1 is 1.21 bits per heavy atom. The third-order valence-electron chi connectivity index (χ3n) is 2.82. The van der Waals surface area contributed by atoms with E-state index in [1.54, 1.807) is 18.2 Å². The molecule has 0 aliphatic rings. The molecule has 1 atom stereocenters. The highest BCUT2D eigenvalue weighted by molar-refractivity contribution is 9.10. The normalized spacial score (nSPS) is 11.9. The van der Waals surface area contributed by atoms with Crippen molar-refractivity contribution in [2.24, 2.45) is 0 Å². The maximum absolute atomic E-state index is 12.2. The molecule has 2 nitrogen and oxygen atoms in total. The average Bonchev–Trinajstić information content (AvgIpc) is 2.39. The Morgan fingerprint density at radius 3 is 2.53 bits per heavy atom. The zero-order valence-corrected chi connectivity index (χ0v) is 12.7. The highest BCUT2D eigenvalue weighted by Gasteiger charge is 2.13. The largest absolute Gasteiger partial charge is 0.345 e. The van der Waals surface area contributed by atoms with Crippen LogP contribution in [0.15, 0.2) is 53.0 Å². The number of carbonyl (C=O) groups is 1. The van der Waals surface area contributed by atoms with E-state index < -0.39 is 0 Å². The fourth-order valence-corrected chi connectivity index (χ4v) is 2.64. The molecule has 0 aliphatic carbocycles. The first-order valence-electron chi connectivity index (χ1n) is 5.89. The number of amides is 1. The molecule has 0 aromatic heterocycles. The second-order valence-electron chi connectivity index (χ2n) is 4.23. The molecule has 0 saturated carbocycles. The van der Waals surface area contributed by atoms with Crippen LogP contribution in [0.1, 0.15) is 28.9 Å². The van der Waals surface area contributed by atoms with Crippen LogP contribution in [-0.4, -0.2) is 5.91 Å². The maximum atomic E-state index is 12.2. The van der Waals surface area contributed by atoms with Gasteiger partial charge in [-0.1, -0.05) is 41.9 Å². The van der Waals surface area contributed by atoms with Crippen molar-refractivity contribution in [3.05, 3.63) is 69.2 Å². The van der Waals surface area contributed by atoms with E-state index in [1.807, 2.05) is 37.3 Å². The highest BCUT2D eigenvalue weighted by atomic mass is 79.9. The fraction of sp³-hybridized carbons (Fsp3) is 0.133. The third kappa shape index (κ3) is 3.58. The Balaban J connectivity index is 2.13. The summed E-state index contributed by atoms with van der Waals surface area (Å²) in [7, 11) is 0. The Labute approximate surface area is 125 Å². The van der Waals surface area contributed by atoms with Crippen LogP contribution in [0.25, 0.3) is 0 Å².